The van der Waals surface area contributed by atoms with Gasteiger partial charge in [-0.15, -0.1) is 0 Å². The Bertz CT molecular complexity index is 966. The normalized spacial score (nSPS) is 56.4. The van der Waals surface area contributed by atoms with E-state index < -0.39 is 83.6 Å². The molecule has 1 spiro atoms. The smallest absolute Gasteiger partial charge is 0.315 e. The highest BCUT2D eigenvalue weighted by Gasteiger charge is 2.83. The first kappa shape index (κ1) is 23.8. The van der Waals surface area contributed by atoms with Crippen molar-refractivity contribution in [3.8, 4) is 0 Å². The van der Waals surface area contributed by atoms with E-state index in [1.165, 1.54) is 0 Å². The Morgan fingerprint density at radius 2 is 1.89 bits per heavy atom. The number of hydrogen-bond acceptors (Lipinski definition) is 10. The van der Waals surface area contributed by atoms with Crippen molar-refractivity contribution in [3.05, 3.63) is 12.2 Å². The molecule has 2 saturated heterocycles. The third-order valence-corrected chi connectivity index (χ3v) is 10.5. The molecule has 5 N–H and O–H groups in total. The van der Waals surface area contributed by atoms with Crippen LogP contribution in [0.1, 0.15) is 45.4 Å². The van der Waals surface area contributed by atoms with Crippen molar-refractivity contribution in [2.45, 2.75) is 87.9 Å². The molecule has 6 aliphatic rings. The van der Waals surface area contributed by atoms with Crippen molar-refractivity contribution in [3.63, 3.8) is 0 Å². The average Bonchev–Trinajstić information content (AvgIpc) is 3.29. The van der Waals surface area contributed by atoms with Crippen LogP contribution in [0.5, 0.6) is 0 Å². The van der Waals surface area contributed by atoms with Gasteiger partial charge in [-0.1, -0.05) is 12.2 Å². The van der Waals surface area contributed by atoms with Gasteiger partial charge in [0.25, 0.3) is 0 Å². The number of carbonyl (C=O) groups excluding carboxylic acids is 2. The van der Waals surface area contributed by atoms with Gasteiger partial charge < -0.3 is 39.7 Å². The number of aliphatic hydroxyl groups is 5. The minimum atomic E-state index is -1.72. The first-order valence-corrected chi connectivity index (χ1v) is 12.6. The van der Waals surface area contributed by atoms with Crippen LogP contribution in [-0.4, -0.2) is 86.5 Å². The lowest BCUT2D eigenvalue weighted by Crippen LogP contribution is -2.60. The van der Waals surface area contributed by atoms with Crippen molar-refractivity contribution in [1.82, 2.24) is 0 Å². The predicted molar refractivity (Wildman–Crippen MR) is 116 cm³/mol. The van der Waals surface area contributed by atoms with Crippen LogP contribution in [-0.2, 0) is 23.8 Å². The summed E-state index contributed by atoms with van der Waals surface area (Å²) in [5.74, 6) is -2.43. The first-order chi connectivity index (χ1) is 16.5. The van der Waals surface area contributed by atoms with Gasteiger partial charge in [0.05, 0.1) is 24.0 Å². The zero-order valence-corrected chi connectivity index (χ0v) is 19.7. The molecule has 4 saturated carbocycles. The second-order valence-electron chi connectivity index (χ2n) is 11.9. The molecule has 35 heavy (non-hydrogen) atoms. The van der Waals surface area contributed by atoms with Gasteiger partial charge in [-0.3, -0.25) is 9.59 Å². The quantitative estimate of drug-likeness (QED) is 0.253. The number of aliphatic hydroxyl groups excluding tert-OH is 5. The zero-order valence-electron chi connectivity index (χ0n) is 19.7. The maximum Gasteiger partial charge on any atom is 0.315 e. The van der Waals surface area contributed by atoms with E-state index in [0.29, 0.717) is 25.7 Å². The molecule has 10 nitrogen and oxygen atoms in total. The number of carbonyl (C=O) groups is 2. The highest BCUT2D eigenvalue weighted by molar-refractivity contribution is 5.86. The van der Waals surface area contributed by atoms with Crippen molar-refractivity contribution in [2.24, 2.45) is 34.5 Å². The summed E-state index contributed by atoms with van der Waals surface area (Å²) in [6.45, 7) is 5.31. The third kappa shape index (κ3) is 2.76. The summed E-state index contributed by atoms with van der Waals surface area (Å²) >= 11 is 0. The number of hydrogen-bond donors (Lipinski definition) is 5. The molecule has 2 heterocycles. The highest BCUT2D eigenvalue weighted by atomic mass is 16.7. The molecular formula is C25H34O10. The molecule has 6 rings (SSSR count). The summed E-state index contributed by atoms with van der Waals surface area (Å²) in [6.07, 6.45) is -4.89. The molecule has 4 aliphatic carbocycles. The largest absolute Gasteiger partial charge is 0.458 e. The van der Waals surface area contributed by atoms with Gasteiger partial charge in [-0.2, -0.15) is 0 Å². The van der Waals surface area contributed by atoms with Gasteiger partial charge in [-0.05, 0) is 56.8 Å². The first-order valence-electron chi connectivity index (χ1n) is 12.6. The van der Waals surface area contributed by atoms with E-state index in [2.05, 4.69) is 6.58 Å². The van der Waals surface area contributed by atoms with Crippen molar-refractivity contribution < 1.29 is 49.3 Å². The Kier molecular flexibility index (Phi) is 5.10. The van der Waals surface area contributed by atoms with Gasteiger partial charge in [-0.25, -0.2) is 0 Å². The summed E-state index contributed by atoms with van der Waals surface area (Å²) < 4.78 is 17.3. The summed E-state index contributed by atoms with van der Waals surface area (Å²) in [5, 5.41) is 51.2. The fourth-order valence-corrected chi connectivity index (χ4v) is 8.99. The molecule has 13 atom stereocenters. The van der Waals surface area contributed by atoms with Crippen LogP contribution in [0.15, 0.2) is 12.2 Å². The molecule has 0 radical (unpaired) electrons. The minimum Gasteiger partial charge on any atom is -0.458 e. The molecule has 0 aromatic rings. The van der Waals surface area contributed by atoms with Crippen LogP contribution in [0.3, 0.4) is 0 Å². The number of esters is 2. The van der Waals surface area contributed by atoms with Gasteiger partial charge in [0.1, 0.15) is 30.0 Å². The number of allylic oxidation sites excluding steroid dienone is 1. The highest BCUT2D eigenvalue weighted by Crippen LogP contribution is 2.78. The van der Waals surface area contributed by atoms with Crippen LogP contribution in [0.25, 0.3) is 0 Å². The van der Waals surface area contributed by atoms with Crippen LogP contribution < -0.4 is 0 Å². The van der Waals surface area contributed by atoms with E-state index in [1.54, 1.807) is 6.92 Å². The Morgan fingerprint density at radius 1 is 1.14 bits per heavy atom. The van der Waals surface area contributed by atoms with E-state index in [0.717, 1.165) is 18.4 Å². The average molecular weight is 495 g/mol. The molecule has 0 aromatic heterocycles. The predicted octanol–water partition coefficient (Wildman–Crippen LogP) is -0.605. The van der Waals surface area contributed by atoms with Gasteiger partial charge in [0.15, 0.2) is 0 Å². The lowest BCUT2D eigenvalue weighted by molar-refractivity contribution is -0.295. The summed E-state index contributed by atoms with van der Waals surface area (Å²) in [5.41, 5.74) is -1.63. The second kappa shape index (κ2) is 7.49. The summed E-state index contributed by atoms with van der Waals surface area (Å²) in [6, 6.07) is 0. The van der Waals surface area contributed by atoms with Crippen molar-refractivity contribution >= 4 is 11.9 Å². The SMILES string of the molecule is C=C1C[C@]23C[C@H]1CC[C@H]2[C@@]12CC[C@H](O)[C@@](C)(C(=O)O1)[C@H]2[C@@H]3C(=O)O[C@@H]1O[C@H](CO)[C@@H](O)[C@H](O)[C@H]1O. The van der Waals surface area contributed by atoms with Crippen LogP contribution in [0.2, 0.25) is 0 Å². The Morgan fingerprint density at radius 3 is 2.60 bits per heavy atom. The van der Waals surface area contributed by atoms with Gasteiger partial charge >= 0.3 is 11.9 Å². The summed E-state index contributed by atoms with van der Waals surface area (Å²) in [4.78, 5) is 27.2. The van der Waals surface area contributed by atoms with E-state index in [-0.39, 0.29) is 11.8 Å². The van der Waals surface area contributed by atoms with Crippen LogP contribution in [0.4, 0.5) is 0 Å². The molecule has 4 bridgehead atoms. The second-order valence-corrected chi connectivity index (χ2v) is 11.9. The standard InChI is InChI=1S/C25H34O10/c1-10-7-24-8-11(10)3-4-13(24)25-6-5-14(27)23(2,22(32)35-25)19(25)15(24)20(31)34-21-18(30)17(29)16(28)12(9-26)33-21/h11-19,21,26-30H,1,3-9H2,2H3/t11-,12-,13-,14+,15-,16-,17+,18-,19-,21+,23-,24+,25-/m1/s1. The van der Waals surface area contributed by atoms with Gasteiger partial charge in [0.2, 0.25) is 6.29 Å². The van der Waals surface area contributed by atoms with E-state index in [9.17, 15) is 35.1 Å². The maximum atomic E-state index is 14.0. The Hall–Kier alpha value is -1.56. The molecule has 194 valence electrons. The fraction of sp³-hybridized carbons (Fsp3) is 0.840. The van der Waals surface area contributed by atoms with Crippen LogP contribution >= 0.6 is 0 Å². The molecule has 0 amide bonds. The molecule has 10 heteroatoms. The topological polar surface area (TPSA) is 163 Å². The number of rotatable bonds is 3. The van der Waals surface area contributed by atoms with Crippen molar-refractivity contribution in [2.75, 3.05) is 6.61 Å². The lowest BCUT2D eigenvalue weighted by atomic mass is 9.59. The number of ether oxygens (including phenoxy) is 3. The maximum absolute atomic E-state index is 14.0. The van der Waals surface area contributed by atoms with Crippen LogP contribution in [0, 0.1) is 34.5 Å². The molecule has 6 fully saturated rings. The zero-order chi connectivity index (χ0) is 25.1. The van der Waals surface area contributed by atoms with Gasteiger partial charge in [0, 0.05) is 11.8 Å². The Labute approximate surface area is 202 Å². The van der Waals surface area contributed by atoms with Crippen molar-refractivity contribution in [1.29, 1.82) is 0 Å². The fourth-order valence-electron chi connectivity index (χ4n) is 8.99. The lowest BCUT2D eigenvalue weighted by Gasteiger charge is -2.44. The Balaban J connectivity index is 1.41. The molecule has 2 aliphatic heterocycles. The van der Waals surface area contributed by atoms with E-state index in [1.807, 2.05) is 0 Å². The number of fused-ring (bicyclic) bond motifs is 1. The van der Waals surface area contributed by atoms with E-state index in [4.69, 9.17) is 14.2 Å². The monoisotopic (exact) mass is 494 g/mol. The molecular weight excluding hydrogens is 460 g/mol. The minimum absolute atomic E-state index is 0.0823. The van der Waals surface area contributed by atoms with E-state index >= 15 is 0 Å². The third-order valence-electron chi connectivity index (χ3n) is 10.5. The summed E-state index contributed by atoms with van der Waals surface area (Å²) in [7, 11) is 0. The molecule has 0 unspecified atom stereocenters. The molecule has 0 aromatic carbocycles.